The second-order valence-corrected chi connectivity index (χ2v) is 8.77. The smallest absolute Gasteiger partial charge is 0.243 e. The monoisotopic (exact) mass is 443 g/mol. The van der Waals surface area contributed by atoms with E-state index in [1.807, 2.05) is 37.3 Å². The third-order valence-corrected chi connectivity index (χ3v) is 6.76. The van der Waals surface area contributed by atoms with E-state index in [1.165, 1.54) is 0 Å². The molecule has 1 aliphatic heterocycles. The van der Waals surface area contributed by atoms with Crippen molar-refractivity contribution in [2.45, 2.75) is 24.3 Å². The number of methoxy groups -OCH3 is 1. The molecule has 0 aliphatic carbocycles. The molecule has 0 N–H and O–H groups in total. The van der Waals surface area contributed by atoms with Gasteiger partial charge in [-0.05, 0) is 65.8 Å². The van der Waals surface area contributed by atoms with Gasteiger partial charge in [0.1, 0.15) is 5.75 Å². The van der Waals surface area contributed by atoms with Gasteiger partial charge in [0.15, 0.2) is 0 Å². The van der Waals surface area contributed by atoms with Crippen LogP contribution in [0.2, 0.25) is 0 Å². The molecule has 4 nitrogen and oxygen atoms in total. The lowest BCUT2D eigenvalue weighted by Crippen LogP contribution is -2.15. The van der Waals surface area contributed by atoms with Crippen molar-refractivity contribution in [2.24, 2.45) is 0 Å². The van der Waals surface area contributed by atoms with Crippen molar-refractivity contribution < 1.29 is 13.2 Å². The molecule has 0 amide bonds. The van der Waals surface area contributed by atoms with E-state index in [1.54, 1.807) is 23.5 Å². The summed E-state index contributed by atoms with van der Waals surface area (Å²) in [5.74, 6) is 0.842. The SMILES string of the molecule is COc1ccc(CC2CN2S(=O)(=O)c2ccc(C)cc2)cc1I. The van der Waals surface area contributed by atoms with Crippen molar-refractivity contribution in [3.8, 4) is 5.75 Å². The Morgan fingerprint density at radius 1 is 1.22 bits per heavy atom. The summed E-state index contributed by atoms with van der Waals surface area (Å²) in [5.41, 5.74) is 2.18. The van der Waals surface area contributed by atoms with Crippen LogP contribution in [0.5, 0.6) is 5.75 Å². The summed E-state index contributed by atoms with van der Waals surface area (Å²) in [6.07, 6.45) is 0.727. The summed E-state index contributed by atoms with van der Waals surface area (Å²) < 4.78 is 33.0. The van der Waals surface area contributed by atoms with Gasteiger partial charge in [-0.15, -0.1) is 0 Å². The second-order valence-electron chi connectivity index (χ2n) is 5.71. The van der Waals surface area contributed by atoms with E-state index >= 15 is 0 Å². The molecule has 0 spiro atoms. The summed E-state index contributed by atoms with van der Waals surface area (Å²) in [5, 5.41) is 0. The zero-order valence-electron chi connectivity index (χ0n) is 13.0. The molecule has 6 heteroatoms. The second kappa shape index (κ2) is 6.41. The molecule has 2 aromatic rings. The minimum absolute atomic E-state index is 0.0468. The Bertz CT molecular complexity index is 818. The fourth-order valence-corrected chi connectivity index (χ4v) is 4.96. The molecule has 3 rings (SSSR count). The van der Waals surface area contributed by atoms with Crippen LogP contribution in [-0.2, 0) is 16.4 Å². The van der Waals surface area contributed by atoms with Gasteiger partial charge in [0.2, 0.25) is 10.0 Å². The van der Waals surface area contributed by atoms with Crippen LogP contribution in [-0.4, -0.2) is 32.4 Å². The maximum atomic E-state index is 12.6. The van der Waals surface area contributed by atoms with Crippen LogP contribution in [0.15, 0.2) is 47.4 Å². The summed E-state index contributed by atoms with van der Waals surface area (Å²) in [6.45, 7) is 2.53. The molecule has 1 saturated heterocycles. The van der Waals surface area contributed by atoms with E-state index in [2.05, 4.69) is 22.6 Å². The molecule has 122 valence electrons. The molecule has 1 heterocycles. The first-order valence-corrected chi connectivity index (χ1v) is 9.84. The van der Waals surface area contributed by atoms with Crippen LogP contribution in [0, 0.1) is 10.5 Å². The van der Waals surface area contributed by atoms with Gasteiger partial charge in [0.25, 0.3) is 0 Å². The lowest BCUT2D eigenvalue weighted by molar-refractivity contribution is 0.411. The Morgan fingerprint density at radius 3 is 2.52 bits per heavy atom. The zero-order chi connectivity index (χ0) is 16.6. The maximum absolute atomic E-state index is 12.6. The Morgan fingerprint density at radius 2 is 1.91 bits per heavy atom. The van der Waals surface area contributed by atoms with Gasteiger partial charge in [-0.3, -0.25) is 0 Å². The molecular weight excluding hydrogens is 425 g/mol. The van der Waals surface area contributed by atoms with Gasteiger partial charge in [-0.1, -0.05) is 23.8 Å². The number of benzene rings is 2. The van der Waals surface area contributed by atoms with E-state index in [0.29, 0.717) is 11.4 Å². The topological polar surface area (TPSA) is 46.4 Å². The number of halogens is 1. The molecule has 0 bridgehead atoms. The summed E-state index contributed by atoms with van der Waals surface area (Å²) in [7, 11) is -1.72. The Balaban J connectivity index is 1.72. The van der Waals surface area contributed by atoms with Crippen LogP contribution >= 0.6 is 22.6 Å². The standard InChI is InChI=1S/C17H18INO3S/c1-12-3-6-15(7-4-12)23(20,21)19-11-14(19)9-13-5-8-17(22-2)16(18)10-13/h3-8,10,14H,9,11H2,1-2H3. The number of nitrogens with zero attached hydrogens (tertiary/aromatic N) is 1. The fourth-order valence-electron chi connectivity index (χ4n) is 2.58. The van der Waals surface area contributed by atoms with Gasteiger partial charge in [0, 0.05) is 12.6 Å². The molecule has 2 atom stereocenters. The molecule has 0 saturated carbocycles. The number of ether oxygens (including phenoxy) is 1. The van der Waals surface area contributed by atoms with Crippen molar-refractivity contribution >= 4 is 32.6 Å². The third kappa shape index (κ3) is 3.54. The average Bonchev–Trinajstić information content (AvgIpc) is 3.28. The summed E-state index contributed by atoms with van der Waals surface area (Å²) in [4.78, 5) is 0.370. The summed E-state index contributed by atoms with van der Waals surface area (Å²) in [6, 6.07) is 13.0. The van der Waals surface area contributed by atoms with Crippen molar-refractivity contribution in [1.82, 2.24) is 4.31 Å². The van der Waals surface area contributed by atoms with E-state index in [-0.39, 0.29) is 6.04 Å². The van der Waals surface area contributed by atoms with Crippen LogP contribution in [0.1, 0.15) is 11.1 Å². The van der Waals surface area contributed by atoms with E-state index in [9.17, 15) is 8.42 Å². The van der Waals surface area contributed by atoms with Gasteiger partial charge < -0.3 is 4.74 Å². The quantitative estimate of drug-likeness (QED) is 0.527. The van der Waals surface area contributed by atoms with Gasteiger partial charge in [-0.2, -0.15) is 4.31 Å². The van der Waals surface area contributed by atoms with Crippen molar-refractivity contribution in [2.75, 3.05) is 13.7 Å². The van der Waals surface area contributed by atoms with Crippen LogP contribution in [0.25, 0.3) is 0 Å². The van der Waals surface area contributed by atoms with Crippen LogP contribution in [0.3, 0.4) is 0 Å². The van der Waals surface area contributed by atoms with Crippen molar-refractivity contribution in [1.29, 1.82) is 0 Å². The largest absolute Gasteiger partial charge is 0.496 e. The maximum Gasteiger partial charge on any atom is 0.243 e. The van der Waals surface area contributed by atoms with Gasteiger partial charge in [0.05, 0.1) is 15.6 Å². The Hall–Kier alpha value is -1.12. The predicted molar refractivity (Wildman–Crippen MR) is 98.3 cm³/mol. The lowest BCUT2D eigenvalue weighted by Gasteiger charge is -2.08. The number of hydrogen-bond donors (Lipinski definition) is 0. The third-order valence-electron chi connectivity index (χ3n) is 3.98. The zero-order valence-corrected chi connectivity index (χ0v) is 16.0. The van der Waals surface area contributed by atoms with Crippen molar-refractivity contribution in [3.63, 3.8) is 0 Å². The molecule has 2 aromatic carbocycles. The number of hydrogen-bond acceptors (Lipinski definition) is 3. The highest BCUT2D eigenvalue weighted by Gasteiger charge is 2.44. The van der Waals surface area contributed by atoms with Gasteiger partial charge in [-0.25, -0.2) is 8.42 Å². The van der Waals surface area contributed by atoms with E-state index in [4.69, 9.17) is 4.74 Å². The Labute approximate surface area is 150 Å². The highest BCUT2D eigenvalue weighted by molar-refractivity contribution is 14.1. The first-order chi connectivity index (χ1) is 10.9. The minimum Gasteiger partial charge on any atom is -0.496 e. The number of sulfonamides is 1. The lowest BCUT2D eigenvalue weighted by atomic mass is 10.1. The van der Waals surface area contributed by atoms with Gasteiger partial charge >= 0.3 is 0 Å². The molecular formula is C17H18INO3S. The molecule has 2 unspecified atom stereocenters. The van der Waals surface area contributed by atoms with Crippen LogP contribution < -0.4 is 4.74 Å². The molecule has 1 aliphatic rings. The molecule has 0 radical (unpaired) electrons. The number of rotatable bonds is 5. The average molecular weight is 443 g/mol. The molecule has 23 heavy (non-hydrogen) atoms. The highest BCUT2D eigenvalue weighted by atomic mass is 127. The first-order valence-electron chi connectivity index (χ1n) is 7.33. The van der Waals surface area contributed by atoms with Crippen molar-refractivity contribution in [3.05, 3.63) is 57.2 Å². The highest BCUT2D eigenvalue weighted by Crippen LogP contribution is 2.32. The summed E-state index contributed by atoms with van der Waals surface area (Å²) >= 11 is 2.23. The predicted octanol–water partition coefficient (Wildman–Crippen LogP) is 3.22. The first kappa shape index (κ1) is 16.7. The fraction of sp³-hybridized carbons (Fsp3) is 0.294. The van der Waals surface area contributed by atoms with E-state index in [0.717, 1.165) is 26.9 Å². The Kier molecular flexibility index (Phi) is 4.66. The van der Waals surface area contributed by atoms with E-state index < -0.39 is 10.0 Å². The minimum atomic E-state index is -3.37. The van der Waals surface area contributed by atoms with Crippen LogP contribution in [0.4, 0.5) is 0 Å². The normalized spacial score (nSPS) is 20.3. The molecule has 0 aromatic heterocycles. The number of aryl methyl sites for hydroxylation is 1. The molecule has 1 fully saturated rings.